The topological polar surface area (TPSA) is 46.6 Å². The van der Waals surface area contributed by atoms with Crippen LogP contribution in [0.25, 0.3) is 0 Å². The van der Waals surface area contributed by atoms with Crippen LogP contribution in [0.2, 0.25) is 0 Å². The van der Waals surface area contributed by atoms with E-state index in [-0.39, 0.29) is 0 Å². The molecule has 84 valence electrons. The summed E-state index contributed by atoms with van der Waals surface area (Å²) in [5.74, 6) is 0. The number of hydroxylamine groups is 2. The molecule has 1 rings (SSSR count). The number of nitrogens with zero attached hydrogens (tertiary/aromatic N) is 1. The summed E-state index contributed by atoms with van der Waals surface area (Å²) in [6, 6.07) is 0. The standard InChI is InChI=1S/C9H19NO3S/c1-3-9(2)14(11,12)13-10-7-5-4-6-8-10/h9H,3-8H2,1-2H3. The van der Waals surface area contributed by atoms with E-state index in [2.05, 4.69) is 0 Å². The van der Waals surface area contributed by atoms with E-state index in [9.17, 15) is 8.42 Å². The molecule has 1 heterocycles. The summed E-state index contributed by atoms with van der Waals surface area (Å²) in [6.45, 7) is 4.99. The zero-order chi connectivity index (χ0) is 10.6. The van der Waals surface area contributed by atoms with Crippen molar-refractivity contribution < 1.29 is 12.7 Å². The van der Waals surface area contributed by atoms with E-state index in [1.54, 1.807) is 12.0 Å². The molecule has 0 aromatic heterocycles. The molecule has 0 radical (unpaired) electrons. The molecule has 0 aromatic carbocycles. The highest BCUT2D eigenvalue weighted by molar-refractivity contribution is 7.87. The summed E-state index contributed by atoms with van der Waals surface area (Å²) in [4.78, 5) is 0. The maximum absolute atomic E-state index is 11.6. The van der Waals surface area contributed by atoms with Crippen LogP contribution in [0.15, 0.2) is 0 Å². The molecule has 1 atom stereocenters. The predicted octanol–water partition coefficient (Wildman–Crippen LogP) is 1.53. The van der Waals surface area contributed by atoms with Crippen molar-refractivity contribution in [3.05, 3.63) is 0 Å². The first-order chi connectivity index (χ1) is 6.56. The van der Waals surface area contributed by atoms with Crippen molar-refractivity contribution in [2.24, 2.45) is 0 Å². The van der Waals surface area contributed by atoms with Gasteiger partial charge in [0.05, 0.1) is 5.25 Å². The van der Waals surface area contributed by atoms with Crippen LogP contribution in [-0.4, -0.2) is 31.8 Å². The Balaban J connectivity index is 2.49. The van der Waals surface area contributed by atoms with Crippen LogP contribution in [0.1, 0.15) is 39.5 Å². The van der Waals surface area contributed by atoms with E-state index >= 15 is 0 Å². The van der Waals surface area contributed by atoms with Gasteiger partial charge < -0.3 is 0 Å². The van der Waals surface area contributed by atoms with Gasteiger partial charge in [0.2, 0.25) is 0 Å². The second-order valence-corrected chi connectivity index (χ2v) is 5.72. The maximum atomic E-state index is 11.6. The van der Waals surface area contributed by atoms with Gasteiger partial charge in [-0.2, -0.15) is 17.8 Å². The molecule has 1 fully saturated rings. The summed E-state index contributed by atoms with van der Waals surface area (Å²) in [5, 5.41) is 1.16. The maximum Gasteiger partial charge on any atom is 0.286 e. The lowest BCUT2D eigenvalue weighted by Crippen LogP contribution is -2.35. The van der Waals surface area contributed by atoms with Crippen LogP contribution in [0.5, 0.6) is 0 Å². The van der Waals surface area contributed by atoms with Gasteiger partial charge in [-0.25, -0.2) is 0 Å². The molecule has 0 spiro atoms. The smallest absolute Gasteiger partial charge is 0.198 e. The van der Waals surface area contributed by atoms with Crippen molar-refractivity contribution in [2.75, 3.05) is 13.1 Å². The van der Waals surface area contributed by atoms with Crippen molar-refractivity contribution in [3.63, 3.8) is 0 Å². The molecule has 1 saturated heterocycles. The molecular weight excluding hydrogens is 202 g/mol. The molecule has 0 N–H and O–H groups in total. The van der Waals surface area contributed by atoms with Gasteiger partial charge in [0.25, 0.3) is 10.1 Å². The first-order valence-electron chi connectivity index (χ1n) is 5.24. The number of piperidine rings is 1. The molecule has 1 aliphatic heterocycles. The van der Waals surface area contributed by atoms with Gasteiger partial charge in [0, 0.05) is 13.1 Å². The average molecular weight is 221 g/mol. The van der Waals surface area contributed by atoms with Crippen LogP contribution in [0.3, 0.4) is 0 Å². The van der Waals surface area contributed by atoms with E-state index in [0.29, 0.717) is 6.42 Å². The molecule has 1 unspecified atom stereocenters. The molecule has 0 aromatic rings. The van der Waals surface area contributed by atoms with Gasteiger partial charge in [-0.3, -0.25) is 0 Å². The molecule has 0 aliphatic carbocycles. The SMILES string of the molecule is CCC(C)S(=O)(=O)ON1CCCCC1. The molecule has 14 heavy (non-hydrogen) atoms. The van der Waals surface area contributed by atoms with Gasteiger partial charge in [0.15, 0.2) is 0 Å². The Morgan fingerprint density at radius 2 is 1.86 bits per heavy atom. The fraction of sp³-hybridized carbons (Fsp3) is 1.00. The van der Waals surface area contributed by atoms with E-state index < -0.39 is 15.4 Å². The lowest BCUT2D eigenvalue weighted by atomic mass is 10.2. The highest BCUT2D eigenvalue weighted by atomic mass is 32.2. The largest absolute Gasteiger partial charge is 0.286 e. The number of rotatable bonds is 4. The highest BCUT2D eigenvalue weighted by Gasteiger charge is 2.24. The first-order valence-corrected chi connectivity index (χ1v) is 6.71. The van der Waals surface area contributed by atoms with Gasteiger partial charge >= 0.3 is 0 Å². The molecular formula is C9H19NO3S. The highest BCUT2D eigenvalue weighted by Crippen LogP contribution is 2.14. The lowest BCUT2D eigenvalue weighted by Gasteiger charge is -2.25. The van der Waals surface area contributed by atoms with Gasteiger partial charge in [-0.1, -0.05) is 13.3 Å². The summed E-state index contributed by atoms with van der Waals surface area (Å²) < 4.78 is 28.2. The normalized spacial score (nSPS) is 22.1. The fourth-order valence-electron chi connectivity index (χ4n) is 1.36. The van der Waals surface area contributed by atoms with Crippen LogP contribution in [0.4, 0.5) is 0 Å². The van der Waals surface area contributed by atoms with E-state index in [1.165, 1.54) is 6.42 Å². The zero-order valence-electron chi connectivity index (χ0n) is 8.90. The van der Waals surface area contributed by atoms with Crippen molar-refractivity contribution in [1.82, 2.24) is 5.06 Å². The molecule has 0 bridgehead atoms. The Morgan fingerprint density at radius 3 is 2.36 bits per heavy atom. The van der Waals surface area contributed by atoms with Crippen LogP contribution >= 0.6 is 0 Å². The Bertz CT molecular complexity index is 257. The van der Waals surface area contributed by atoms with E-state index in [0.717, 1.165) is 25.9 Å². The molecule has 0 amide bonds. The van der Waals surface area contributed by atoms with Crippen molar-refractivity contribution in [2.45, 2.75) is 44.8 Å². The minimum absolute atomic E-state index is 0.413. The Morgan fingerprint density at radius 1 is 1.29 bits per heavy atom. The number of hydrogen-bond donors (Lipinski definition) is 0. The summed E-state index contributed by atoms with van der Waals surface area (Å²) in [7, 11) is -3.38. The van der Waals surface area contributed by atoms with Crippen molar-refractivity contribution in [1.29, 1.82) is 0 Å². The molecule has 4 nitrogen and oxygen atoms in total. The third-order valence-corrected chi connectivity index (χ3v) is 4.33. The first kappa shape index (κ1) is 11.9. The fourth-order valence-corrected chi connectivity index (χ4v) is 2.36. The summed E-state index contributed by atoms with van der Waals surface area (Å²) in [6.07, 6.45) is 3.81. The quantitative estimate of drug-likeness (QED) is 0.722. The molecule has 0 saturated carbocycles. The minimum atomic E-state index is -3.38. The van der Waals surface area contributed by atoms with Crippen molar-refractivity contribution >= 4 is 10.1 Å². The second kappa shape index (κ2) is 5.09. The van der Waals surface area contributed by atoms with Crippen LogP contribution in [-0.2, 0) is 14.4 Å². The summed E-state index contributed by atoms with van der Waals surface area (Å²) in [5.41, 5.74) is 0. The lowest BCUT2D eigenvalue weighted by molar-refractivity contribution is -0.0663. The second-order valence-electron chi connectivity index (χ2n) is 3.78. The average Bonchev–Trinajstić information content (AvgIpc) is 2.17. The van der Waals surface area contributed by atoms with Crippen LogP contribution in [0, 0.1) is 0 Å². The van der Waals surface area contributed by atoms with E-state index in [1.807, 2.05) is 6.92 Å². The Labute approximate surface area is 86.3 Å². The predicted molar refractivity (Wildman–Crippen MR) is 55.2 cm³/mol. The van der Waals surface area contributed by atoms with Gasteiger partial charge in [-0.15, -0.1) is 0 Å². The number of hydrogen-bond acceptors (Lipinski definition) is 4. The Kier molecular flexibility index (Phi) is 4.34. The monoisotopic (exact) mass is 221 g/mol. The van der Waals surface area contributed by atoms with E-state index in [4.69, 9.17) is 4.28 Å². The molecule has 5 heteroatoms. The van der Waals surface area contributed by atoms with Gasteiger partial charge in [-0.05, 0) is 26.2 Å². The van der Waals surface area contributed by atoms with Crippen molar-refractivity contribution in [3.8, 4) is 0 Å². The third kappa shape index (κ3) is 3.22. The minimum Gasteiger partial charge on any atom is -0.198 e. The van der Waals surface area contributed by atoms with Gasteiger partial charge in [0.1, 0.15) is 0 Å². The Hall–Kier alpha value is -0.130. The third-order valence-electron chi connectivity index (χ3n) is 2.59. The zero-order valence-corrected chi connectivity index (χ0v) is 9.72. The van der Waals surface area contributed by atoms with Crippen LogP contribution < -0.4 is 0 Å². The molecule has 1 aliphatic rings. The summed E-state index contributed by atoms with van der Waals surface area (Å²) >= 11 is 0.